The molecule has 0 saturated carbocycles. The second-order valence-corrected chi connectivity index (χ2v) is 7.52. The molecule has 0 radical (unpaired) electrons. The van der Waals surface area contributed by atoms with Crippen molar-refractivity contribution in [3.8, 4) is 5.75 Å². The quantitative estimate of drug-likeness (QED) is 0.350. The van der Waals surface area contributed by atoms with Crippen molar-refractivity contribution in [3.63, 3.8) is 0 Å². The summed E-state index contributed by atoms with van der Waals surface area (Å²) in [5, 5.41) is 29.4. The van der Waals surface area contributed by atoms with E-state index >= 15 is 0 Å². The molecule has 1 aliphatic heterocycles. The third-order valence-corrected chi connectivity index (χ3v) is 4.95. The average Bonchev–Trinajstić information content (AvgIpc) is 3.03. The monoisotopic (exact) mass is 424 g/mol. The maximum atomic E-state index is 10.5. The van der Waals surface area contributed by atoms with Crippen LogP contribution in [0.4, 0.5) is 0 Å². The van der Waals surface area contributed by atoms with Crippen LogP contribution in [0.15, 0.2) is 48.6 Å². The predicted molar refractivity (Wildman–Crippen MR) is 111 cm³/mol. The van der Waals surface area contributed by atoms with E-state index in [4.69, 9.17) is 26.2 Å². The van der Waals surface area contributed by atoms with E-state index in [0.717, 1.165) is 19.3 Å². The van der Waals surface area contributed by atoms with Gasteiger partial charge in [0.05, 0.1) is 18.8 Å². The van der Waals surface area contributed by atoms with E-state index < -0.39 is 18.2 Å². The number of unbranched alkanes of at least 4 members (excludes halogenated alkanes) is 1. The molecule has 1 aliphatic rings. The summed E-state index contributed by atoms with van der Waals surface area (Å²) in [6.45, 7) is 0.376. The van der Waals surface area contributed by atoms with Crippen LogP contribution in [0, 0.1) is 5.92 Å². The minimum Gasteiger partial charge on any atom is -0.491 e. The number of benzene rings is 1. The first-order chi connectivity index (χ1) is 14.0. The third-order valence-electron chi connectivity index (χ3n) is 4.72. The molecule has 0 bridgehead atoms. The summed E-state index contributed by atoms with van der Waals surface area (Å²) in [5.74, 6) is -0.234. The highest BCUT2D eigenvalue weighted by molar-refractivity contribution is 6.30. The number of hydrogen-bond donors (Lipinski definition) is 3. The van der Waals surface area contributed by atoms with Crippen molar-refractivity contribution in [1.29, 1.82) is 0 Å². The summed E-state index contributed by atoms with van der Waals surface area (Å²) in [7, 11) is 0. The maximum absolute atomic E-state index is 10.5. The average molecular weight is 425 g/mol. The van der Waals surface area contributed by atoms with Gasteiger partial charge in [-0.25, -0.2) is 0 Å². The first-order valence-electron chi connectivity index (χ1n) is 9.87. The van der Waals surface area contributed by atoms with Gasteiger partial charge in [0.1, 0.15) is 18.5 Å². The van der Waals surface area contributed by atoms with Gasteiger partial charge in [0.2, 0.25) is 0 Å². The van der Waals surface area contributed by atoms with Crippen LogP contribution in [0.1, 0.15) is 32.1 Å². The summed E-state index contributed by atoms with van der Waals surface area (Å²) in [6, 6.07) is 6.98. The van der Waals surface area contributed by atoms with Crippen LogP contribution < -0.4 is 4.74 Å². The highest BCUT2D eigenvalue weighted by Crippen LogP contribution is 2.28. The first-order valence-corrected chi connectivity index (χ1v) is 10.2. The third kappa shape index (κ3) is 9.00. The predicted octanol–water partition coefficient (Wildman–Crippen LogP) is 3.60. The van der Waals surface area contributed by atoms with E-state index in [1.165, 1.54) is 0 Å². The Morgan fingerprint density at radius 2 is 2.14 bits per heavy atom. The molecule has 2 rings (SSSR count). The number of aliphatic hydroxyl groups is 2. The molecule has 1 fully saturated rings. The number of halogens is 1. The fourth-order valence-corrected chi connectivity index (χ4v) is 3.36. The van der Waals surface area contributed by atoms with Crippen molar-refractivity contribution in [2.24, 2.45) is 5.92 Å². The fourth-order valence-electron chi connectivity index (χ4n) is 3.18. The molecule has 3 N–H and O–H groups in total. The zero-order valence-electron chi connectivity index (χ0n) is 16.3. The van der Waals surface area contributed by atoms with Crippen molar-refractivity contribution in [2.75, 3.05) is 13.2 Å². The number of aliphatic carboxylic acids is 1. The number of rotatable bonds is 12. The fraction of sp³-hybridized carbons (Fsp3) is 0.500. The standard InChI is InChI=1S/C22H29ClO6/c23-16-7-6-8-18(13-16)28-14-17(24)11-12-21-19(20(25)15-29-21)9-4-2-1-3-5-10-22(26)27/h1,3,6-8,11-13,17,19-21,24-25H,2,4-5,9-10,14-15H2,(H,26,27)/b3-1-,12-11+/t17-,19+,20+,21-/m1/s1. The molecule has 6 nitrogen and oxygen atoms in total. The number of carbonyl (C=O) groups is 1. The van der Waals surface area contributed by atoms with Gasteiger partial charge < -0.3 is 24.8 Å². The van der Waals surface area contributed by atoms with Crippen molar-refractivity contribution in [1.82, 2.24) is 0 Å². The molecule has 0 amide bonds. The lowest BCUT2D eigenvalue weighted by atomic mass is 9.92. The van der Waals surface area contributed by atoms with Crippen molar-refractivity contribution in [3.05, 3.63) is 53.6 Å². The van der Waals surface area contributed by atoms with Gasteiger partial charge in [-0.3, -0.25) is 4.79 Å². The molecule has 1 aromatic rings. The molecule has 29 heavy (non-hydrogen) atoms. The number of allylic oxidation sites excluding steroid dienone is 2. The van der Waals surface area contributed by atoms with E-state index in [9.17, 15) is 15.0 Å². The number of aliphatic hydroxyl groups excluding tert-OH is 2. The van der Waals surface area contributed by atoms with Gasteiger partial charge in [-0.2, -0.15) is 0 Å². The van der Waals surface area contributed by atoms with Crippen molar-refractivity contribution < 1.29 is 29.6 Å². The molecule has 1 saturated heterocycles. The van der Waals surface area contributed by atoms with Crippen LogP contribution in [-0.2, 0) is 9.53 Å². The van der Waals surface area contributed by atoms with Crippen LogP contribution in [0.2, 0.25) is 5.02 Å². The number of ether oxygens (including phenoxy) is 2. The smallest absolute Gasteiger partial charge is 0.303 e. The lowest BCUT2D eigenvalue weighted by Gasteiger charge is -2.17. The summed E-state index contributed by atoms with van der Waals surface area (Å²) in [4.78, 5) is 10.5. The SMILES string of the molecule is O=C(O)CC/C=C\CCC[C@H]1[C@@H](O)CO[C@@H]1/C=C/[C@@H](O)COc1cccc(Cl)c1. The second-order valence-electron chi connectivity index (χ2n) is 7.08. The van der Waals surface area contributed by atoms with E-state index in [-0.39, 0.29) is 31.7 Å². The Kier molecular flexibility index (Phi) is 10.2. The Hall–Kier alpha value is -1.86. The topological polar surface area (TPSA) is 96.2 Å². The molecular formula is C22H29ClO6. The summed E-state index contributed by atoms with van der Waals surface area (Å²) in [6.07, 6.45) is 8.86. The zero-order valence-corrected chi connectivity index (χ0v) is 17.1. The molecule has 160 valence electrons. The molecule has 4 atom stereocenters. The van der Waals surface area contributed by atoms with Gasteiger partial charge >= 0.3 is 5.97 Å². The molecular weight excluding hydrogens is 396 g/mol. The summed E-state index contributed by atoms with van der Waals surface area (Å²) in [5.41, 5.74) is 0. The normalized spacial score (nSPS) is 23.1. The Labute approximate surface area is 176 Å². The van der Waals surface area contributed by atoms with Crippen LogP contribution in [0.5, 0.6) is 5.75 Å². The molecule has 0 spiro atoms. The Morgan fingerprint density at radius 3 is 2.90 bits per heavy atom. The highest BCUT2D eigenvalue weighted by Gasteiger charge is 2.33. The summed E-state index contributed by atoms with van der Waals surface area (Å²) < 4.78 is 11.2. The highest BCUT2D eigenvalue weighted by atomic mass is 35.5. The van der Waals surface area contributed by atoms with Crippen molar-refractivity contribution >= 4 is 17.6 Å². The summed E-state index contributed by atoms with van der Waals surface area (Å²) >= 11 is 5.90. The number of hydrogen-bond acceptors (Lipinski definition) is 5. The van der Waals surface area contributed by atoms with Gasteiger partial charge in [-0.1, -0.05) is 42.0 Å². The lowest BCUT2D eigenvalue weighted by molar-refractivity contribution is -0.136. The van der Waals surface area contributed by atoms with E-state index in [2.05, 4.69) is 0 Å². The van der Waals surface area contributed by atoms with E-state index in [1.807, 2.05) is 12.2 Å². The zero-order chi connectivity index (χ0) is 21.1. The van der Waals surface area contributed by atoms with Crippen LogP contribution in [0.25, 0.3) is 0 Å². The molecule has 0 aromatic heterocycles. The Bertz CT molecular complexity index is 690. The lowest BCUT2D eigenvalue weighted by Crippen LogP contribution is -2.23. The minimum atomic E-state index is -0.798. The van der Waals surface area contributed by atoms with Gasteiger partial charge in [0.15, 0.2) is 0 Å². The van der Waals surface area contributed by atoms with Crippen LogP contribution in [0.3, 0.4) is 0 Å². The van der Waals surface area contributed by atoms with Crippen LogP contribution in [-0.4, -0.2) is 52.8 Å². The van der Waals surface area contributed by atoms with E-state index in [0.29, 0.717) is 17.2 Å². The molecule has 1 heterocycles. The number of carboxylic acids is 1. The van der Waals surface area contributed by atoms with Crippen LogP contribution >= 0.6 is 11.6 Å². The van der Waals surface area contributed by atoms with E-state index in [1.54, 1.807) is 36.4 Å². The van der Waals surface area contributed by atoms with Gasteiger partial charge in [0.25, 0.3) is 0 Å². The molecule has 7 heteroatoms. The minimum absolute atomic E-state index is 0.0280. The Balaban J connectivity index is 1.72. The molecule has 0 unspecified atom stereocenters. The maximum Gasteiger partial charge on any atom is 0.303 e. The Morgan fingerprint density at radius 1 is 1.34 bits per heavy atom. The second kappa shape index (κ2) is 12.6. The largest absolute Gasteiger partial charge is 0.491 e. The molecule has 0 aliphatic carbocycles. The van der Waals surface area contributed by atoms with Gasteiger partial charge in [0, 0.05) is 17.4 Å². The van der Waals surface area contributed by atoms with Gasteiger partial charge in [-0.05, 0) is 43.9 Å². The van der Waals surface area contributed by atoms with Crippen molar-refractivity contribution in [2.45, 2.75) is 50.4 Å². The molecule has 1 aromatic carbocycles. The first kappa shape index (κ1) is 23.4. The number of carboxylic acid groups (broad SMARTS) is 1. The van der Waals surface area contributed by atoms with Gasteiger partial charge in [-0.15, -0.1) is 0 Å².